The van der Waals surface area contributed by atoms with E-state index in [1.807, 2.05) is 0 Å². The largest absolute Gasteiger partial charge is 0.342 e. The number of amides is 1. The fraction of sp³-hybridized carbons (Fsp3) is 0.364. The molecule has 0 aliphatic heterocycles. The van der Waals surface area contributed by atoms with Crippen molar-refractivity contribution in [2.75, 3.05) is 20.1 Å². The Morgan fingerprint density at radius 3 is 2.81 bits per heavy atom. The summed E-state index contributed by atoms with van der Waals surface area (Å²) in [5.41, 5.74) is 5.83. The van der Waals surface area contributed by atoms with Gasteiger partial charge in [-0.25, -0.2) is 4.39 Å². The number of nitrogens with two attached hydrogens (primary N) is 1. The van der Waals surface area contributed by atoms with Gasteiger partial charge in [-0.2, -0.15) is 0 Å². The first-order valence-corrected chi connectivity index (χ1v) is 5.76. The van der Waals surface area contributed by atoms with Crippen LogP contribution in [0.5, 0.6) is 0 Å². The van der Waals surface area contributed by atoms with E-state index in [0.29, 0.717) is 23.1 Å². The molecule has 0 aliphatic rings. The lowest BCUT2D eigenvalue weighted by Gasteiger charge is -2.17. The second-order valence-corrected chi connectivity index (χ2v) is 4.35. The summed E-state index contributed by atoms with van der Waals surface area (Å²) in [5, 5.41) is 0. The third-order valence-electron chi connectivity index (χ3n) is 2.21. The molecule has 1 aromatic rings. The van der Waals surface area contributed by atoms with Crippen molar-refractivity contribution in [3.8, 4) is 0 Å². The van der Waals surface area contributed by atoms with Crippen molar-refractivity contribution in [3.63, 3.8) is 0 Å². The van der Waals surface area contributed by atoms with E-state index in [2.05, 4.69) is 15.9 Å². The van der Waals surface area contributed by atoms with E-state index in [1.165, 1.54) is 18.2 Å². The van der Waals surface area contributed by atoms with Gasteiger partial charge in [-0.3, -0.25) is 4.79 Å². The second kappa shape index (κ2) is 5.96. The van der Waals surface area contributed by atoms with Crippen LogP contribution in [0.4, 0.5) is 4.39 Å². The fourth-order valence-corrected chi connectivity index (χ4v) is 1.82. The predicted molar refractivity (Wildman–Crippen MR) is 64.7 cm³/mol. The highest BCUT2D eigenvalue weighted by Crippen LogP contribution is 2.19. The molecular formula is C11H14BrFN2O. The molecule has 0 aromatic heterocycles. The van der Waals surface area contributed by atoms with E-state index in [9.17, 15) is 9.18 Å². The molecule has 1 rings (SSSR count). The van der Waals surface area contributed by atoms with Gasteiger partial charge in [0.25, 0.3) is 5.91 Å². The van der Waals surface area contributed by atoms with Crippen LogP contribution in [0.1, 0.15) is 16.8 Å². The minimum atomic E-state index is -0.368. The number of nitrogens with zero attached hydrogens (tertiary/aromatic N) is 1. The number of carbonyl (C=O) groups excluding carboxylic acids is 1. The van der Waals surface area contributed by atoms with Crippen LogP contribution < -0.4 is 5.73 Å². The molecule has 1 amide bonds. The molecule has 3 nitrogen and oxygen atoms in total. The molecule has 2 N–H and O–H groups in total. The second-order valence-electron chi connectivity index (χ2n) is 3.49. The Hall–Kier alpha value is -0.940. The highest BCUT2D eigenvalue weighted by atomic mass is 79.9. The SMILES string of the molecule is CN(CCCN)C(=O)c1ccc(F)cc1Br. The van der Waals surface area contributed by atoms with E-state index in [-0.39, 0.29) is 11.7 Å². The molecule has 0 heterocycles. The van der Waals surface area contributed by atoms with Crippen LogP contribution in [0.15, 0.2) is 22.7 Å². The van der Waals surface area contributed by atoms with E-state index in [0.717, 1.165) is 6.42 Å². The van der Waals surface area contributed by atoms with Crippen LogP contribution in [0.3, 0.4) is 0 Å². The number of hydrogen-bond acceptors (Lipinski definition) is 2. The summed E-state index contributed by atoms with van der Waals surface area (Å²) in [6, 6.07) is 4.03. The molecule has 0 radical (unpaired) electrons. The van der Waals surface area contributed by atoms with Crippen LogP contribution in [0.25, 0.3) is 0 Å². The van der Waals surface area contributed by atoms with Gasteiger partial charge < -0.3 is 10.6 Å². The molecule has 0 aliphatic carbocycles. The van der Waals surface area contributed by atoms with E-state index >= 15 is 0 Å². The zero-order valence-electron chi connectivity index (χ0n) is 9.04. The summed E-state index contributed by atoms with van der Waals surface area (Å²) < 4.78 is 13.3. The van der Waals surface area contributed by atoms with Gasteiger partial charge in [-0.15, -0.1) is 0 Å². The van der Waals surface area contributed by atoms with Gasteiger partial charge in [-0.05, 0) is 47.1 Å². The summed E-state index contributed by atoms with van der Waals surface area (Å²) in [6.45, 7) is 1.14. The van der Waals surface area contributed by atoms with Crippen LogP contribution in [-0.2, 0) is 0 Å². The van der Waals surface area contributed by atoms with Crippen molar-refractivity contribution in [2.24, 2.45) is 5.73 Å². The molecule has 5 heteroatoms. The molecule has 0 bridgehead atoms. The van der Waals surface area contributed by atoms with Gasteiger partial charge in [0, 0.05) is 18.1 Å². The van der Waals surface area contributed by atoms with Crippen molar-refractivity contribution < 1.29 is 9.18 Å². The lowest BCUT2D eigenvalue weighted by atomic mass is 10.2. The predicted octanol–water partition coefficient (Wildman–Crippen LogP) is 2.01. The highest BCUT2D eigenvalue weighted by Gasteiger charge is 2.14. The molecule has 0 unspecified atom stereocenters. The molecule has 16 heavy (non-hydrogen) atoms. The monoisotopic (exact) mass is 288 g/mol. The summed E-state index contributed by atoms with van der Waals surface area (Å²) in [7, 11) is 1.70. The van der Waals surface area contributed by atoms with Crippen molar-refractivity contribution in [3.05, 3.63) is 34.1 Å². The molecule has 88 valence electrons. The zero-order valence-corrected chi connectivity index (χ0v) is 10.6. The standard InChI is InChI=1S/C11H14BrFN2O/c1-15(6-2-5-14)11(16)9-4-3-8(13)7-10(9)12/h3-4,7H,2,5-6,14H2,1H3. The van der Waals surface area contributed by atoms with Crippen molar-refractivity contribution >= 4 is 21.8 Å². The van der Waals surface area contributed by atoms with Crippen LogP contribution in [0.2, 0.25) is 0 Å². The third kappa shape index (κ3) is 3.28. The van der Waals surface area contributed by atoms with Crippen molar-refractivity contribution in [1.29, 1.82) is 0 Å². The van der Waals surface area contributed by atoms with Gasteiger partial charge in [-0.1, -0.05) is 0 Å². The van der Waals surface area contributed by atoms with Gasteiger partial charge in [0.05, 0.1) is 5.56 Å². The quantitative estimate of drug-likeness (QED) is 0.921. The van der Waals surface area contributed by atoms with E-state index in [1.54, 1.807) is 11.9 Å². The lowest BCUT2D eigenvalue weighted by molar-refractivity contribution is 0.0793. The Morgan fingerprint density at radius 2 is 2.25 bits per heavy atom. The number of benzene rings is 1. The van der Waals surface area contributed by atoms with Gasteiger partial charge in [0.1, 0.15) is 5.82 Å². The molecule has 0 saturated carbocycles. The van der Waals surface area contributed by atoms with Gasteiger partial charge in [0.15, 0.2) is 0 Å². The first-order valence-electron chi connectivity index (χ1n) is 4.97. The summed E-state index contributed by atoms with van der Waals surface area (Å²) in [5.74, 6) is -0.506. The Bertz CT molecular complexity index is 384. The average Bonchev–Trinajstić information content (AvgIpc) is 2.25. The minimum Gasteiger partial charge on any atom is -0.342 e. The smallest absolute Gasteiger partial charge is 0.254 e. The maximum absolute atomic E-state index is 12.8. The van der Waals surface area contributed by atoms with Crippen molar-refractivity contribution in [2.45, 2.75) is 6.42 Å². The first-order chi connectivity index (χ1) is 7.56. The maximum Gasteiger partial charge on any atom is 0.254 e. The number of halogens is 2. The summed E-state index contributed by atoms with van der Waals surface area (Å²) in [4.78, 5) is 13.5. The lowest BCUT2D eigenvalue weighted by Crippen LogP contribution is -2.29. The number of carbonyl (C=O) groups is 1. The van der Waals surface area contributed by atoms with Crippen molar-refractivity contribution in [1.82, 2.24) is 4.90 Å². The van der Waals surface area contributed by atoms with Gasteiger partial charge >= 0.3 is 0 Å². The third-order valence-corrected chi connectivity index (χ3v) is 2.86. The highest BCUT2D eigenvalue weighted by molar-refractivity contribution is 9.10. The van der Waals surface area contributed by atoms with E-state index in [4.69, 9.17) is 5.73 Å². The topological polar surface area (TPSA) is 46.3 Å². The molecule has 1 aromatic carbocycles. The Morgan fingerprint density at radius 1 is 1.56 bits per heavy atom. The molecule has 0 atom stereocenters. The number of hydrogen-bond donors (Lipinski definition) is 1. The molecule has 0 fully saturated rings. The fourth-order valence-electron chi connectivity index (χ4n) is 1.30. The van der Waals surface area contributed by atoms with E-state index < -0.39 is 0 Å². The maximum atomic E-state index is 12.8. The van der Waals surface area contributed by atoms with Crippen LogP contribution in [-0.4, -0.2) is 30.9 Å². The van der Waals surface area contributed by atoms with Crippen LogP contribution >= 0.6 is 15.9 Å². The normalized spacial score (nSPS) is 10.2. The molecular weight excluding hydrogens is 275 g/mol. The zero-order chi connectivity index (χ0) is 12.1. The summed E-state index contributed by atoms with van der Waals surface area (Å²) in [6.07, 6.45) is 0.751. The molecule has 0 spiro atoms. The summed E-state index contributed by atoms with van der Waals surface area (Å²) >= 11 is 3.17. The first kappa shape index (κ1) is 13.1. The number of rotatable bonds is 4. The average molecular weight is 289 g/mol. The minimum absolute atomic E-state index is 0.139. The Kier molecular flexibility index (Phi) is 4.89. The Balaban J connectivity index is 2.79. The Labute approximate surface area is 103 Å². The van der Waals surface area contributed by atoms with Crippen LogP contribution in [0, 0.1) is 5.82 Å². The van der Waals surface area contributed by atoms with Gasteiger partial charge in [0.2, 0.25) is 0 Å². The molecule has 0 saturated heterocycles.